The zero-order valence-electron chi connectivity index (χ0n) is 16.7. The summed E-state index contributed by atoms with van der Waals surface area (Å²) in [4.78, 5) is 12.4. The average molecular weight is 548 g/mol. The lowest BCUT2D eigenvalue weighted by atomic mass is 10.2. The number of halogens is 4. The Kier molecular flexibility index (Phi) is 9.64. The predicted molar refractivity (Wildman–Crippen MR) is 137 cm³/mol. The van der Waals surface area contributed by atoms with E-state index in [4.69, 9.17) is 46.4 Å². The summed E-state index contributed by atoms with van der Waals surface area (Å²) >= 11 is 27.2. The fourth-order valence-corrected chi connectivity index (χ4v) is 5.27. The molecule has 0 saturated heterocycles. The highest BCUT2D eigenvalue weighted by Gasteiger charge is 2.15. The molecule has 0 spiro atoms. The average Bonchev–Trinajstić information content (AvgIpc) is 3.13. The van der Waals surface area contributed by atoms with E-state index in [2.05, 4.69) is 22.1 Å². The first-order chi connectivity index (χ1) is 15.4. The van der Waals surface area contributed by atoms with Crippen LogP contribution in [0.25, 0.3) is 0 Å². The van der Waals surface area contributed by atoms with E-state index in [0.29, 0.717) is 49.0 Å². The van der Waals surface area contributed by atoms with Crippen LogP contribution in [0.1, 0.15) is 11.4 Å². The molecule has 0 atom stereocenters. The molecule has 3 aromatic rings. The molecule has 32 heavy (non-hydrogen) atoms. The summed E-state index contributed by atoms with van der Waals surface area (Å²) in [6.07, 6.45) is 1.77. The smallest absolute Gasteiger partial charge is 0.234 e. The summed E-state index contributed by atoms with van der Waals surface area (Å²) in [6, 6.07) is 10.4. The SMILES string of the molecule is C=CCn1c(CSCc2ccc(Cl)cc2Cl)nnc1SCC(=O)Nc1cc(Cl)ccc1Cl. The van der Waals surface area contributed by atoms with Gasteiger partial charge >= 0.3 is 0 Å². The van der Waals surface area contributed by atoms with E-state index in [1.807, 2.05) is 16.7 Å². The molecule has 2 aromatic carbocycles. The van der Waals surface area contributed by atoms with Gasteiger partial charge in [0.05, 0.1) is 22.2 Å². The van der Waals surface area contributed by atoms with Crippen LogP contribution in [0.2, 0.25) is 20.1 Å². The lowest BCUT2D eigenvalue weighted by molar-refractivity contribution is -0.113. The van der Waals surface area contributed by atoms with Crippen molar-refractivity contribution in [3.63, 3.8) is 0 Å². The number of thioether (sulfide) groups is 2. The third kappa shape index (κ3) is 7.07. The van der Waals surface area contributed by atoms with Gasteiger partial charge in [0, 0.05) is 27.4 Å². The van der Waals surface area contributed by atoms with Crippen LogP contribution in [0, 0.1) is 0 Å². The molecule has 168 valence electrons. The van der Waals surface area contributed by atoms with Gasteiger partial charge in [-0.2, -0.15) is 0 Å². The number of allylic oxidation sites excluding steroid dienone is 1. The van der Waals surface area contributed by atoms with Gasteiger partial charge < -0.3 is 9.88 Å². The van der Waals surface area contributed by atoms with Gasteiger partial charge in [0.25, 0.3) is 0 Å². The topological polar surface area (TPSA) is 59.8 Å². The van der Waals surface area contributed by atoms with Gasteiger partial charge in [0.15, 0.2) is 5.16 Å². The maximum Gasteiger partial charge on any atom is 0.234 e. The summed E-state index contributed by atoms with van der Waals surface area (Å²) in [5, 5.41) is 14.1. The Hall–Kier alpha value is -1.35. The number of benzene rings is 2. The van der Waals surface area contributed by atoms with Crippen molar-refractivity contribution in [3.05, 3.63) is 80.5 Å². The van der Waals surface area contributed by atoms with Crippen molar-refractivity contribution in [2.75, 3.05) is 11.1 Å². The molecule has 0 aliphatic carbocycles. The van der Waals surface area contributed by atoms with Gasteiger partial charge in [-0.05, 0) is 35.9 Å². The summed E-state index contributed by atoms with van der Waals surface area (Å²) in [5.74, 6) is 2.06. The van der Waals surface area contributed by atoms with Crippen LogP contribution in [0.3, 0.4) is 0 Å². The second-order valence-electron chi connectivity index (χ2n) is 6.49. The van der Waals surface area contributed by atoms with Gasteiger partial charge in [0.1, 0.15) is 5.82 Å². The molecule has 1 amide bonds. The molecule has 0 fully saturated rings. The Labute approximate surface area is 214 Å². The molecule has 11 heteroatoms. The fourth-order valence-electron chi connectivity index (χ4n) is 2.65. The normalized spacial score (nSPS) is 10.9. The van der Waals surface area contributed by atoms with Crippen molar-refractivity contribution in [2.45, 2.75) is 23.2 Å². The van der Waals surface area contributed by atoms with E-state index in [-0.39, 0.29) is 11.7 Å². The number of carbonyl (C=O) groups excluding carboxylic acids is 1. The molecule has 0 aliphatic rings. The van der Waals surface area contributed by atoms with E-state index in [9.17, 15) is 4.79 Å². The third-order valence-corrected chi connectivity index (χ3v) is 7.24. The molecule has 0 aliphatic heterocycles. The van der Waals surface area contributed by atoms with Crippen LogP contribution in [-0.2, 0) is 22.8 Å². The summed E-state index contributed by atoms with van der Waals surface area (Å²) in [7, 11) is 0. The van der Waals surface area contributed by atoms with Crippen LogP contribution in [0.5, 0.6) is 0 Å². The van der Waals surface area contributed by atoms with E-state index in [0.717, 1.165) is 11.4 Å². The quantitative estimate of drug-likeness (QED) is 0.214. The number of aromatic nitrogens is 3. The Balaban J connectivity index is 1.59. The van der Waals surface area contributed by atoms with Crippen LogP contribution in [0.15, 0.2) is 54.2 Å². The van der Waals surface area contributed by atoms with Gasteiger partial charge in [-0.3, -0.25) is 4.79 Å². The maximum absolute atomic E-state index is 12.4. The zero-order valence-corrected chi connectivity index (χ0v) is 21.3. The van der Waals surface area contributed by atoms with E-state index in [1.165, 1.54) is 11.8 Å². The minimum absolute atomic E-state index is 0.144. The van der Waals surface area contributed by atoms with Crippen molar-refractivity contribution in [1.82, 2.24) is 14.8 Å². The second-order valence-corrected chi connectivity index (χ2v) is 10.1. The minimum atomic E-state index is -0.222. The number of nitrogens with zero attached hydrogens (tertiary/aromatic N) is 3. The molecule has 1 heterocycles. The first kappa shape index (κ1) is 25.3. The van der Waals surface area contributed by atoms with Gasteiger partial charge in [-0.15, -0.1) is 28.5 Å². The number of nitrogens with one attached hydrogen (secondary N) is 1. The predicted octanol–water partition coefficient (Wildman–Crippen LogP) is 7.24. The summed E-state index contributed by atoms with van der Waals surface area (Å²) < 4.78 is 1.94. The van der Waals surface area contributed by atoms with Crippen LogP contribution in [0.4, 0.5) is 5.69 Å². The molecule has 5 nitrogen and oxygen atoms in total. The van der Waals surface area contributed by atoms with Crippen molar-refractivity contribution in [1.29, 1.82) is 0 Å². The fraction of sp³-hybridized carbons (Fsp3) is 0.190. The van der Waals surface area contributed by atoms with Crippen molar-refractivity contribution in [3.8, 4) is 0 Å². The highest BCUT2D eigenvalue weighted by molar-refractivity contribution is 7.99. The highest BCUT2D eigenvalue weighted by Crippen LogP contribution is 2.28. The monoisotopic (exact) mass is 546 g/mol. The maximum atomic E-state index is 12.4. The molecule has 0 radical (unpaired) electrons. The number of hydrogen-bond donors (Lipinski definition) is 1. The summed E-state index contributed by atoms with van der Waals surface area (Å²) in [6.45, 7) is 4.34. The number of carbonyl (C=O) groups is 1. The second kappa shape index (κ2) is 12.2. The van der Waals surface area contributed by atoms with Crippen LogP contribution < -0.4 is 5.32 Å². The van der Waals surface area contributed by atoms with Crippen LogP contribution in [-0.4, -0.2) is 26.4 Å². The highest BCUT2D eigenvalue weighted by atomic mass is 35.5. The largest absolute Gasteiger partial charge is 0.324 e. The molecule has 0 unspecified atom stereocenters. The lowest BCUT2D eigenvalue weighted by Crippen LogP contribution is -2.15. The minimum Gasteiger partial charge on any atom is -0.324 e. The Bertz CT molecular complexity index is 1120. The Morgan fingerprint density at radius 1 is 1.03 bits per heavy atom. The number of rotatable bonds is 10. The lowest BCUT2D eigenvalue weighted by Gasteiger charge is -2.09. The number of anilines is 1. The standard InChI is InChI=1S/C21H18Cl4N4OS2/c1-2-7-29-19(11-31-10-13-3-4-14(22)8-17(13)25)27-28-21(29)32-12-20(30)26-18-9-15(23)5-6-16(18)24/h2-6,8-9H,1,7,10-12H2,(H,26,30). The van der Waals surface area contributed by atoms with Gasteiger partial charge in [-0.1, -0.05) is 70.3 Å². The molecular weight excluding hydrogens is 530 g/mol. The van der Waals surface area contributed by atoms with Crippen LogP contribution >= 0.6 is 69.9 Å². The first-order valence-corrected chi connectivity index (χ1v) is 12.9. The van der Waals surface area contributed by atoms with Gasteiger partial charge in [-0.25, -0.2) is 0 Å². The van der Waals surface area contributed by atoms with Crippen molar-refractivity contribution < 1.29 is 4.79 Å². The zero-order chi connectivity index (χ0) is 23.1. The first-order valence-electron chi connectivity index (χ1n) is 9.29. The van der Waals surface area contributed by atoms with E-state index < -0.39 is 0 Å². The Morgan fingerprint density at radius 3 is 2.53 bits per heavy atom. The molecule has 3 rings (SSSR count). The van der Waals surface area contributed by atoms with E-state index in [1.54, 1.807) is 42.1 Å². The number of amides is 1. The molecule has 0 saturated carbocycles. The van der Waals surface area contributed by atoms with Crippen molar-refractivity contribution >= 4 is 81.5 Å². The molecule has 1 N–H and O–H groups in total. The summed E-state index contributed by atoms with van der Waals surface area (Å²) in [5.41, 5.74) is 1.47. The third-order valence-electron chi connectivity index (χ3n) is 4.14. The Morgan fingerprint density at radius 2 is 1.78 bits per heavy atom. The molecule has 1 aromatic heterocycles. The van der Waals surface area contributed by atoms with Gasteiger partial charge in [0.2, 0.25) is 5.91 Å². The molecule has 0 bridgehead atoms. The molecular formula is C21H18Cl4N4OS2. The van der Waals surface area contributed by atoms with Crippen molar-refractivity contribution in [2.24, 2.45) is 0 Å². The van der Waals surface area contributed by atoms with E-state index >= 15 is 0 Å². The number of hydrogen-bond acceptors (Lipinski definition) is 5.